The summed E-state index contributed by atoms with van der Waals surface area (Å²) in [5, 5.41) is 6.39. The topological polar surface area (TPSA) is 61.4 Å². The zero-order valence-corrected chi connectivity index (χ0v) is 14.6. The van der Waals surface area contributed by atoms with Crippen molar-refractivity contribution in [2.45, 2.75) is 38.3 Å². The van der Waals surface area contributed by atoms with Crippen LogP contribution >= 0.6 is 12.4 Å². The van der Waals surface area contributed by atoms with Crippen LogP contribution < -0.4 is 10.6 Å². The summed E-state index contributed by atoms with van der Waals surface area (Å²) in [5.74, 6) is -0.0482. The second-order valence-corrected chi connectivity index (χ2v) is 6.20. The third kappa shape index (κ3) is 4.16. The Morgan fingerprint density at radius 2 is 2.12 bits per heavy atom. The summed E-state index contributed by atoms with van der Waals surface area (Å²) in [6.07, 6.45) is 6.09. The molecule has 1 aromatic carbocycles. The molecule has 5 nitrogen and oxygen atoms in total. The van der Waals surface area contributed by atoms with Crippen molar-refractivity contribution in [3.8, 4) is 0 Å². The average Bonchev–Trinajstić information content (AvgIpc) is 2.55. The van der Waals surface area contributed by atoms with Crippen molar-refractivity contribution in [3.05, 3.63) is 41.6 Å². The van der Waals surface area contributed by atoms with E-state index in [0.717, 1.165) is 37.1 Å². The number of carbonyl (C=O) groups excluding carboxylic acids is 2. The summed E-state index contributed by atoms with van der Waals surface area (Å²) < 4.78 is 0. The van der Waals surface area contributed by atoms with Crippen LogP contribution in [0.4, 0.5) is 0 Å². The zero-order valence-electron chi connectivity index (χ0n) is 13.8. The van der Waals surface area contributed by atoms with Gasteiger partial charge in [-0.3, -0.25) is 9.59 Å². The van der Waals surface area contributed by atoms with Crippen LogP contribution in [0.2, 0.25) is 0 Å². The minimum atomic E-state index is -0.231. The molecular weight excluding hydrogens is 326 g/mol. The number of hydrogen-bond acceptors (Lipinski definition) is 3. The van der Waals surface area contributed by atoms with Gasteiger partial charge in [0.05, 0.1) is 12.5 Å². The largest absolute Gasteiger partial charge is 0.352 e. The lowest BCUT2D eigenvalue weighted by atomic mass is 9.93. The fourth-order valence-corrected chi connectivity index (χ4v) is 3.35. The minimum absolute atomic E-state index is 0. The molecule has 0 radical (unpaired) electrons. The molecular formula is C18H24ClN3O2. The summed E-state index contributed by atoms with van der Waals surface area (Å²) in [4.78, 5) is 26.0. The van der Waals surface area contributed by atoms with E-state index in [1.807, 2.05) is 30.3 Å². The van der Waals surface area contributed by atoms with Crippen LogP contribution in [0.5, 0.6) is 0 Å². The van der Waals surface area contributed by atoms with E-state index in [2.05, 4.69) is 10.6 Å². The number of rotatable bonds is 3. The maximum absolute atomic E-state index is 12.5. The first-order valence-corrected chi connectivity index (χ1v) is 8.21. The highest BCUT2D eigenvalue weighted by Gasteiger charge is 2.28. The van der Waals surface area contributed by atoms with Crippen LogP contribution in [0.15, 0.2) is 30.5 Å². The fraction of sp³-hybridized carbons (Fsp3) is 0.444. The van der Waals surface area contributed by atoms with Crippen LogP contribution in [0.1, 0.15) is 43.4 Å². The van der Waals surface area contributed by atoms with E-state index in [4.69, 9.17) is 0 Å². The normalized spacial score (nSPS) is 22.3. The van der Waals surface area contributed by atoms with E-state index < -0.39 is 0 Å². The molecule has 0 saturated carbocycles. The highest BCUT2D eigenvalue weighted by Crippen LogP contribution is 2.32. The summed E-state index contributed by atoms with van der Waals surface area (Å²) in [7, 11) is 0. The molecule has 130 valence electrons. The molecule has 0 spiro atoms. The molecule has 6 heteroatoms. The third-order valence-electron chi connectivity index (χ3n) is 4.51. The van der Waals surface area contributed by atoms with E-state index in [9.17, 15) is 9.59 Å². The van der Waals surface area contributed by atoms with Crippen molar-refractivity contribution < 1.29 is 9.59 Å². The van der Waals surface area contributed by atoms with Gasteiger partial charge in [-0.2, -0.15) is 0 Å². The molecule has 0 aliphatic carbocycles. The van der Waals surface area contributed by atoms with Crippen molar-refractivity contribution in [3.63, 3.8) is 0 Å². The lowest BCUT2D eigenvalue weighted by Crippen LogP contribution is -2.46. The first kappa shape index (κ1) is 18.5. The van der Waals surface area contributed by atoms with Gasteiger partial charge in [0.2, 0.25) is 11.8 Å². The van der Waals surface area contributed by atoms with Gasteiger partial charge in [-0.15, -0.1) is 12.4 Å². The molecule has 1 fully saturated rings. The SMILES string of the molecule is CC(=O)N1C=Cc2ccccc2C1CC(=O)N[C@H]1CCCNC1.Cl. The number of piperidine rings is 1. The molecule has 2 aliphatic rings. The van der Waals surface area contributed by atoms with Crippen LogP contribution in [-0.2, 0) is 9.59 Å². The van der Waals surface area contributed by atoms with Crippen molar-refractivity contribution in [2.24, 2.45) is 0 Å². The Balaban J connectivity index is 0.00000208. The highest BCUT2D eigenvalue weighted by atomic mass is 35.5. The van der Waals surface area contributed by atoms with Gasteiger partial charge in [-0.25, -0.2) is 0 Å². The Bertz CT molecular complexity index is 626. The third-order valence-corrected chi connectivity index (χ3v) is 4.51. The van der Waals surface area contributed by atoms with E-state index in [1.165, 1.54) is 6.92 Å². The first-order valence-electron chi connectivity index (χ1n) is 8.21. The molecule has 2 amide bonds. The number of hydrogen-bond donors (Lipinski definition) is 2. The Labute approximate surface area is 148 Å². The number of benzene rings is 1. The molecule has 3 rings (SSSR count). The quantitative estimate of drug-likeness (QED) is 0.879. The van der Waals surface area contributed by atoms with Gasteiger partial charge in [0.15, 0.2) is 0 Å². The van der Waals surface area contributed by atoms with Crippen molar-refractivity contribution in [1.82, 2.24) is 15.5 Å². The summed E-state index contributed by atoms with van der Waals surface area (Å²) in [6, 6.07) is 7.89. The molecule has 2 N–H and O–H groups in total. The molecule has 1 aromatic rings. The molecule has 0 bridgehead atoms. The van der Waals surface area contributed by atoms with E-state index >= 15 is 0 Å². The van der Waals surface area contributed by atoms with Crippen LogP contribution in [0.3, 0.4) is 0 Å². The summed E-state index contributed by atoms with van der Waals surface area (Å²) in [5.41, 5.74) is 2.10. The molecule has 0 aromatic heterocycles. The molecule has 1 saturated heterocycles. The second kappa shape index (κ2) is 8.31. The highest BCUT2D eigenvalue weighted by molar-refractivity contribution is 5.85. The zero-order chi connectivity index (χ0) is 16.2. The van der Waals surface area contributed by atoms with Gasteiger partial charge in [-0.1, -0.05) is 24.3 Å². The maximum atomic E-state index is 12.5. The standard InChI is InChI=1S/C18H23N3O2.ClH/c1-13(22)21-10-8-14-5-2-3-7-16(14)17(21)11-18(23)20-15-6-4-9-19-12-15;/h2-3,5,7-8,10,15,17,19H,4,6,9,11-12H2,1H3,(H,20,23);1H/t15-,17?;/m0./s1. The second-order valence-electron chi connectivity index (χ2n) is 6.20. The fourth-order valence-electron chi connectivity index (χ4n) is 3.35. The Morgan fingerprint density at radius 3 is 2.83 bits per heavy atom. The van der Waals surface area contributed by atoms with E-state index in [1.54, 1.807) is 11.1 Å². The van der Waals surface area contributed by atoms with Crippen molar-refractivity contribution in [2.75, 3.05) is 13.1 Å². The van der Waals surface area contributed by atoms with E-state index in [-0.39, 0.29) is 42.7 Å². The lowest BCUT2D eigenvalue weighted by molar-refractivity contribution is -0.130. The van der Waals surface area contributed by atoms with Gasteiger partial charge in [0.25, 0.3) is 0 Å². The van der Waals surface area contributed by atoms with Crippen LogP contribution in [0, 0.1) is 0 Å². The van der Waals surface area contributed by atoms with Crippen LogP contribution in [-0.4, -0.2) is 35.8 Å². The predicted molar refractivity (Wildman–Crippen MR) is 96.6 cm³/mol. The van der Waals surface area contributed by atoms with Crippen molar-refractivity contribution in [1.29, 1.82) is 0 Å². The summed E-state index contributed by atoms with van der Waals surface area (Å²) in [6.45, 7) is 3.38. The van der Waals surface area contributed by atoms with E-state index in [0.29, 0.717) is 0 Å². The minimum Gasteiger partial charge on any atom is -0.352 e. The smallest absolute Gasteiger partial charge is 0.223 e. The van der Waals surface area contributed by atoms with Gasteiger partial charge in [0, 0.05) is 25.7 Å². The van der Waals surface area contributed by atoms with Crippen molar-refractivity contribution >= 4 is 30.3 Å². The van der Waals surface area contributed by atoms with Gasteiger partial charge in [-0.05, 0) is 36.6 Å². The Morgan fingerprint density at radius 1 is 1.33 bits per heavy atom. The number of fused-ring (bicyclic) bond motifs is 1. The van der Waals surface area contributed by atoms with Gasteiger partial charge >= 0.3 is 0 Å². The molecule has 24 heavy (non-hydrogen) atoms. The Hall–Kier alpha value is -1.85. The predicted octanol–water partition coefficient (Wildman–Crippen LogP) is 2.24. The Kier molecular flexibility index (Phi) is 6.40. The number of carbonyl (C=O) groups is 2. The maximum Gasteiger partial charge on any atom is 0.223 e. The lowest BCUT2D eigenvalue weighted by Gasteiger charge is -2.33. The number of amides is 2. The first-order chi connectivity index (χ1) is 11.1. The van der Waals surface area contributed by atoms with Gasteiger partial charge in [0.1, 0.15) is 0 Å². The monoisotopic (exact) mass is 349 g/mol. The van der Waals surface area contributed by atoms with Gasteiger partial charge < -0.3 is 15.5 Å². The molecule has 2 atom stereocenters. The number of halogens is 1. The molecule has 2 heterocycles. The number of nitrogens with zero attached hydrogens (tertiary/aromatic N) is 1. The molecule has 1 unspecified atom stereocenters. The number of nitrogens with one attached hydrogen (secondary N) is 2. The molecule has 2 aliphatic heterocycles. The summed E-state index contributed by atoms with van der Waals surface area (Å²) >= 11 is 0. The average molecular weight is 350 g/mol. The van der Waals surface area contributed by atoms with Crippen LogP contribution in [0.25, 0.3) is 6.08 Å².